The molecule has 0 aromatic heterocycles. The van der Waals surface area contributed by atoms with Gasteiger partial charge in [-0.05, 0) is 25.0 Å². The Balaban J connectivity index is 1.90. The Morgan fingerprint density at radius 1 is 1.00 bits per heavy atom. The van der Waals surface area contributed by atoms with Gasteiger partial charge in [0.1, 0.15) is 5.75 Å². The summed E-state index contributed by atoms with van der Waals surface area (Å²) in [5, 5.41) is 3.48. The van der Waals surface area contributed by atoms with Crippen LogP contribution in [0.25, 0.3) is 0 Å². The topological polar surface area (TPSA) is 21.3 Å². The molecule has 0 radical (unpaired) electrons. The van der Waals surface area contributed by atoms with Crippen molar-refractivity contribution in [3.63, 3.8) is 0 Å². The highest BCUT2D eigenvalue weighted by Gasteiger charge is 2.02. The van der Waals surface area contributed by atoms with Gasteiger partial charge in [-0.15, -0.1) is 0 Å². The number of ether oxygens (including phenoxy) is 1. The van der Waals surface area contributed by atoms with E-state index < -0.39 is 0 Å². The highest BCUT2D eigenvalue weighted by atomic mass is 16.5. The molecule has 106 valence electrons. The smallest absolute Gasteiger partial charge is 0.123 e. The zero-order chi connectivity index (χ0) is 14.2. The van der Waals surface area contributed by atoms with E-state index in [1.54, 1.807) is 0 Å². The summed E-state index contributed by atoms with van der Waals surface area (Å²) in [7, 11) is 0. The predicted octanol–water partition coefficient (Wildman–Crippen LogP) is 4.07. The number of para-hydroxylation sites is 1. The van der Waals surface area contributed by atoms with Crippen molar-refractivity contribution in [1.29, 1.82) is 0 Å². The molecule has 0 bridgehead atoms. The van der Waals surface area contributed by atoms with Gasteiger partial charge < -0.3 is 10.1 Å². The lowest BCUT2D eigenvalue weighted by atomic mass is 10.1. The number of benzene rings is 2. The van der Waals surface area contributed by atoms with Gasteiger partial charge in [0.2, 0.25) is 0 Å². The van der Waals surface area contributed by atoms with Crippen LogP contribution in [0.4, 0.5) is 0 Å². The third-order valence-corrected chi connectivity index (χ3v) is 3.16. The van der Waals surface area contributed by atoms with Crippen LogP contribution in [-0.2, 0) is 13.1 Å². The minimum Gasteiger partial charge on any atom is -0.493 e. The van der Waals surface area contributed by atoms with Crippen LogP contribution in [0, 0.1) is 6.92 Å². The molecule has 2 nitrogen and oxygen atoms in total. The van der Waals surface area contributed by atoms with E-state index in [0.29, 0.717) is 0 Å². The molecule has 0 fully saturated rings. The van der Waals surface area contributed by atoms with Crippen LogP contribution in [0.15, 0.2) is 48.5 Å². The monoisotopic (exact) mass is 269 g/mol. The molecule has 1 N–H and O–H groups in total. The standard InChI is InChI=1S/C18H23NO/c1-3-11-20-18-10-5-4-9-17(18)14-19-13-16-8-6-7-15(2)12-16/h4-10,12,19H,3,11,13-14H2,1-2H3. The fourth-order valence-electron chi connectivity index (χ4n) is 2.17. The molecular formula is C18H23NO. The van der Waals surface area contributed by atoms with Crippen LogP contribution >= 0.6 is 0 Å². The Morgan fingerprint density at radius 2 is 1.85 bits per heavy atom. The van der Waals surface area contributed by atoms with E-state index in [0.717, 1.165) is 31.9 Å². The van der Waals surface area contributed by atoms with Crippen molar-refractivity contribution >= 4 is 0 Å². The largest absolute Gasteiger partial charge is 0.493 e. The molecular weight excluding hydrogens is 246 g/mol. The Bertz CT molecular complexity index is 536. The third-order valence-electron chi connectivity index (χ3n) is 3.16. The quantitative estimate of drug-likeness (QED) is 0.818. The van der Waals surface area contributed by atoms with Gasteiger partial charge in [-0.2, -0.15) is 0 Å². The summed E-state index contributed by atoms with van der Waals surface area (Å²) in [5.74, 6) is 0.992. The van der Waals surface area contributed by atoms with E-state index >= 15 is 0 Å². The van der Waals surface area contributed by atoms with E-state index in [1.165, 1.54) is 16.7 Å². The molecule has 0 atom stereocenters. The second-order valence-electron chi connectivity index (χ2n) is 5.05. The van der Waals surface area contributed by atoms with E-state index in [-0.39, 0.29) is 0 Å². The van der Waals surface area contributed by atoms with Crippen LogP contribution in [0.2, 0.25) is 0 Å². The maximum atomic E-state index is 5.77. The van der Waals surface area contributed by atoms with Crippen molar-refractivity contribution < 1.29 is 4.74 Å². The van der Waals surface area contributed by atoms with Gasteiger partial charge in [-0.3, -0.25) is 0 Å². The van der Waals surface area contributed by atoms with Crippen molar-refractivity contribution in [3.8, 4) is 5.75 Å². The maximum Gasteiger partial charge on any atom is 0.123 e. The zero-order valence-corrected chi connectivity index (χ0v) is 12.4. The second-order valence-corrected chi connectivity index (χ2v) is 5.05. The van der Waals surface area contributed by atoms with Crippen molar-refractivity contribution in [3.05, 3.63) is 65.2 Å². The van der Waals surface area contributed by atoms with Crippen molar-refractivity contribution in [2.45, 2.75) is 33.4 Å². The number of hydrogen-bond donors (Lipinski definition) is 1. The van der Waals surface area contributed by atoms with Crippen molar-refractivity contribution in [2.75, 3.05) is 6.61 Å². The van der Waals surface area contributed by atoms with Crippen LogP contribution in [-0.4, -0.2) is 6.61 Å². The summed E-state index contributed by atoms with van der Waals surface area (Å²) in [6.07, 6.45) is 1.03. The van der Waals surface area contributed by atoms with E-state index in [4.69, 9.17) is 4.74 Å². The molecule has 2 heteroatoms. The van der Waals surface area contributed by atoms with Crippen LogP contribution in [0.1, 0.15) is 30.0 Å². The first-order valence-corrected chi connectivity index (χ1v) is 7.26. The number of hydrogen-bond acceptors (Lipinski definition) is 2. The van der Waals surface area contributed by atoms with Gasteiger partial charge in [0, 0.05) is 18.7 Å². The average molecular weight is 269 g/mol. The Labute approximate surface area is 121 Å². The number of nitrogens with one attached hydrogen (secondary N) is 1. The molecule has 2 aromatic carbocycles. The molecule has 0 spiro atoms. The molecule has 0 saturated heterocycles. The first-order valence-electron chi connectivity index (χ1n) is 7.26. The lowest BCUT2D eigenvalue weighted by Gasteiger charge is -2.11. The lowest BCUT2D eigenvalue weighted by Crippen LogP contribution is -2.13. The molecule has 0 amide bonds. The first kappa shape index (κ1) is 14.6. The fourth-order valence-corrected chi connectivity index (χ4v) is 2.17. The van der Waals surface area contributed by atoms with Gasteiger partial charge >= 0.3 is 0 Å². The summed E-state index contributed by atoms with van der Waals surface area (Å²) in [4.78, 5) is 0. The summed E-state index contributed by atoms with van der Waals surface area (Å²) >= 11 is 0. The normalized spacial score (nSPS) is 10.5. The predicted molar refractivity (Wildman–Crippen MR) is 84.0 cm³/mol. The van der Waals surface area contributed by atoms with E-state index in [9.17, 15) is 0 Å². The summed E-state index contributed by atoms with van der Waals surface area (Å²) in [5.41, 5.74) is 3.83. The molecule has 0 aliphatic rings. The summed E-state index contributed by atoms with van der Waals surface area (Å²) < 4.78 is 5.77. The second kappa shape index (κ2) is 7.71. The molecule has 0 aliphatic heterocycles. The molecule has 0 unspecified atom stereocenters. The van der Waals surface area contributed by atoms with E-state index in [2.05, 4.69) is 55.6 Å². The minimum absolute atomic E-state index is 0.773. The minimum atomic E-state index is 0.773. The molecule has 0 heterocycles. The molecule has 0 saturated carbocycles. The van der Waals surface area contributed by atoms with Gasteiger partial charge in [0.05, 0.1) is 6.61 Å². The first-order chi connectivity index (χ1) is 9.79. The SMILES string of the molecule is CCCOc1ccccc1CNCc1cccc(C)c1. The van der Waals surface area contributed by atoms with Crippen LogP contribution in [0.5, 0.6) is 5.75 Å². The average Bonchev–Trinajstić information content (AvgIpc) is 2.46. The van der Waals surface area contributed by atoms with Gasteiger partial charge in [0.25, 0.3) is 0 Å². The Morgan fingerprint density at radius 3 is 2.65 bits per heavy atom. The lowest BCUT2D eigenvalue weighted by molar-refractivity contribution is 0.313. The molecule has 2 aromatic rings. The van der Waals surface area contributed by atoms with Gasteiger partial charge in [-0.25, -0.2) is 0 Å². The van der Waals surface area contributed by atoms with Crippen LogP contribution in [0.3, 0.4) is 0 Å². The fraction of sp³-hybridized carbons (Fsp3) is 0.333. The molecule has 2 rings (SSSR count). The van der Waals surface area contributed by atoms with E-state index in [1.807, 2.05) is 12.1 Å². The van der Waals surface area contributed by atoms with Gasteiger partial charge in [-0.1, -0.05) is 55.0 Å². The van der Waals surface area contributed by atoms with Crippen LogP contribution < -0.4 is 10.1 Å². The van der Waals surface area contributed by atoms with Crippen molar-refractivity contribution in [1.82, 2.24) is 5.32 Å². The molecule has 0 aliphatic carbocycles. The summed E-state index contributed by atoms with van der Waals surface area (Å²) in [6, 6.07) is 16.8. The third kappa shape index (κ3) is 4.39. The Hall–Kier alpha value is -1.80. The highest BCUT2D eigenvalue weighted by molar-refractivity contribution is 5.33. The summed E-state index contributed by atoms with van der Waals surface area (Å²) in [6.45, 7) is 6.72. The zero-order valence-electron chi connectivity index (χ0n) is 12.4. The Kier molecular flexibility index (Phi) is 5.63. The van der Waals surface area contributed by atoms with Crippen molar-refractivity contribution in [2.24, 2.45) is 0 Å². The number of rotatable bonds is 7. The van der Waals surface area contributed by atoms with Gasteiger partial charge in [0.15, 0.2) is 0 Å². The maximum absolute atomic E-state index is 5.77. The molecule has 20 heavy (non-hydrogen) atoms. The number of aryl methyl sites for hydroxylation is 1. The highest BCUT2D eigenvalue weighted by Crippen LogP contribution is 2.18.